The summed E-state index contributed by atoms with van der Waals surface area (Å²) in [7, 11) is 0. The van der Waals surface area contributed by atoms with E-state index in [1.54, 1.807) is 12.1 Å². The van der Waals surface area contributed by atoms with Crippen molar-refractivity contribution in [1.82, 2.24) is 4.98 Å². The average molecular weight is 369 g/mol. The number of nitrogens with one attached hydrogen (secondary N) is 1. The van der Waals surface area contributed by atoms with E-state index in [2.05, 4.69) is 10.3 Å². The third-order valence-corrected chi connectivity index (χ3v) is 5.04. The molecule has 1 heterocycles. The zero-order valence-corrected chi connectivity index (χ0v) is 15.5. The number of carbonyl (C=O) groups excluding carboxylic acids is 1. The molecule has 5 heteroatoms. The number of benzene rings is 2. The van der Waals surface area contributed by atoms with Crippen LogP contribution in [-0.4, -0.2) is 10.8 Å². The van der Waals surface area contributed by atoms with Crippen molar-refractivity contribution in [3.8, 4) is 0 Å². The molecule has 0 aliphatic carbocycles. The first-order valence-corrected chi connectivity index (χ1v) is 9.00. The Kier molecular flexibility index (Phi) is 5.31. The molecule has 0 fully saturated rings. The lowest BCUT2D eigenvalue weighted by atomic mass is 10.2. The summed E-state index contributed by atoms with van der Waals surface area (Å²) in [4.78, 5) is 17.6. The summed E-state index contributed by atoms with van der Waals surface area (Å²) in [5.74, 6) is -0.0767. The Labute approximate surface area is 156 Å². The van der Waals surface area contributed by atoms with Crippen LogP contribution in [0.5, 0.6) is 0 Å². The zero-order chi connectivity index (χ0) is 17.8. The van der Waals surface area contributed by atoms with E-state index < -0.39 is 0 Å². The number of aryl methyl sites for hydroxylation is 2. The summed E-state index contributed by atoms with van der Waals surface area (Å²) in [5.41, 5.74) is 3.66. The molecule has 0 unspecified atom stereocenters. The predicted molar refractivity (Wildman–Crippen MR) is 106 cm³/mol. The molecule has 3 nitrogen and oxygen atoms in total. The van der Waals surface area contributed by atoms with Gasteiger partial charge in [-0.1, -0.05) is 53.3 Å². The van der Waals surface area contributed by atoms with Gasteiger partial charge in [-0.2, -0.15) is 0 Å². The zero-order valence-electron chi connectivity index (χ0n) is 13.9. The quantitative estimate of drug-likeness (QED) is 0.440. The topological polar surface area (TPSA) is 42.0 Å². The number of hydrogen-bond donors (Lipinski definition) is 1. The van der Waals surface area contributed by atoms with Crippen LogP contribution in [0.3, 0.4) is 0 Å². The predicted octanol–water partition coefficient (Wildman–Crippen LogP) is 6.05. The Balaban J connectivity index is 1.78. The van der Waals surface area contributed by atoms with Gasteiger partial charge in [0.05, 0.1) is 10.6 Å². The van der Waals surface area contributed by atoms with Crippen LogP contribution in [0.1, 0.15) is 26.5 Å². The Morgan fingerprint density at radius 2 is 1.96 bits per heavy atom. The molecule has 0 aliphatic rings. The summed E-state index contributed by atoms with van der Waals surface area (Å²) in [6.07, 6.45) is 3.27. The Morgan fingerprint density at radius 1 is 1.16 bits per heavy atom. The molecule has 0 atom stereocenters. The van der Waals surface area contributed by atoms with Gasteiger partial charge in [0.2, 0.25) is 0 Å². The molecule has 0 aliphatic heterocycles. The lowest BCUT2D eigenvalue weighted by molar-refractivity contribution is 0.105. The van der Waals surface area contributed by atoms with E-state index in [4.69, 9.17) is 11.6 Å². The minimum absolute atomic E-state index is 0.0767. The van der Waals surface area contributed by atoms with E-state index in [1.165, 1.54) is 17.4 Å². The molecule has 0 radical (unpaired) electrons. The van der Waals surface area contributed by atoms with Crippen molar-refractivity contribution >= 4 is 45.6 Å². The maximum Gasteiger partial charge on any atom is 0.197 e. The second-order valence-electron chi connectivity index (χ2n) is 5.65. The van der Waals surface area contributed by atoms with Crippen molar-refractivity contribution in [3.05, 3.63) is 81.3 Å². The average Bonchev–Trinajstić information content (AvgIpc) is 2.94. The highest BCUT2D eigenvalue weighted by Crippen LogP contribution is 2.27. The number of thiazole rings is 1. The van der Waals surface area contributed by atoms with E-state index >= 15 is 0 Å². The minimum Gasteiger partial charge on any atom is -0.332 e. The number of nitrogens with zero attached hydrogens (tertiary/aromatic N) is 1. The normalized spacial score (nSPS) is 11.0. The number of allylic oxidation sites excluding steroid dienone is 1. The number of halogens is 1. The minimum atomic E-state index is -0.0767. The molecule has 0 saturated heterocycles. The maximum absolute atomic E-state index is 12.5. The summed E-state index contributed by atoms with van der Waals surface area (Å²) in [5, 5.41) is 4.58. The van der Waals surface area contributed by atoms with E-state index in [9.17, 15) is 4.79 Å². The van der Waals surface area contributed by atoms with Crippen LogP contribution in [0.2, 0.25) is 5.02 Å². The van der Waals surface area contributed by atoms with Gasteiger partial charge in [-0.15, -0.1) is 0 Å². The SMILES string of the molecule is Cc1cccc(Nc2nc(C)c(C(=O)/C=C/c3ccccc3Cl)s2)c1. The van der Waals surface area contributed by atoms with Gasteiger partial charge in [0.15, 0.2) is 10.9 Å². The van der Waals surface area contributed by atoms with Crippen LogP contribution < -0.4 is 5.32 Å². The van der Waals surface area contributed by atoms with Crippen molar-refractivity contribution in [1.29, 1.82) is 0 Å². The van der Waals surface area contributed by atoms with E-state index in [-0.39, 0.29) is 5.78 Å². The van der Waals surface area contributed by atoms with Gasteiger partial charge in [0.25, 0.3) is 0 Å². The molecule has 1 aromatic heterocycles. The fourth-order valence-corrected chi connectivity index (χ4v) is 3.48. The molecule has 0 saturated carbocycles. The fourth-order valence-electron chi connectivity index (χ4n) is 2.38. The second-order valence-corrected chi connectivity index (χ2v) is 7.05. The highest BCUT2D eigenvalue weighted by atomic mass is 35.5. The first-order chi connectivity index (χ1) is 12.0. The highest BCUT2D eigenvalue weighted by molar-refractivity contribution is 7.17. The van der Waals surface area contributed by atoms with Crippen molar-refractivity contribution < 1.29 is 4.79 Å². The lowest BCUT2D eigenvalue weighted by Crippen LogP contribution is -1.93. The fraction of sp³-hybridized carbons (Fsp3) is 0.100. The van der Waals surface area contributed by atoms with Crippen LogP contribution in [0.25, 0.3) is 6.08 Å². The van der Waals surface area contributed by atoms with Gasteiger partial charge in [0, 0.05) is 10.7 Å². The van der Waals surface area contributed by atoms with Crippen LogP contribution in [0.4, 0.5) is 10.8 Å². The van der Waals surface area contributed by atoms with Crippen LogP contribution in [-0.2, 0) is 0 Å². The summed E-state index contributed by atoms with van der Waals surface area (Å²) >= 11 is 7.46. The van der Waals surface area contributed by atoms with Gasteiger partial charge >= 0.3 is 0 Å². The van der Waals surface area contributed by atoms with E-state index in [0.29, 0.717) is 20.7 Å². The summed E-state index contributed by atoms with van der Waals surface area (Å²) in [6.45, 7) is 3.88. The molecule has 3 rings (SSSR count). The number of aromatic nitrogens is 1. The third kappa shape index (κ3) is 4.35. The lowest BCUT2D eigenvalue weighted by Gasteiger charge is -2.02. The molecule has 0 bridgehead atoms. The smallest absolute Gasteiger partial charge is 0.197 e. The number of anilines is 2. The number of carbonyl (C=O) groups is 1. The van der Waals surface area contributed by atoms with E-state index in [1.807, 2.05) is 56.3 Å². The largest absolute Gasteiger partial charge is 0.332 e. The number of rotatable bonds is 5. The Hall–Kier alpha value is -2.43. The monoisotopic (exact) mass is 368 g/mol. The van der Waals surface area contributed by atoms with Gasteiger partial charge in [-0.25, -0.2) is 4.98 Å². The first-order valence-electron chi connectivity index (χ1n) is 7.81. The van der Waals surface area contributed by atoms with Crippen LogP contribution in [0.15, 0.2) is 54.6 Å². The molecular weight excluding hydrogens is 352 g/mol. The van der Waals surface area contributed by atoms with Crippen LogP contribution >= 0.6 is 22.9 Å². The summed E-state index contributed by atoms with van der Waals surface area (Å²) in [6, 6.07) is 15.4. The Bertz CT molecular complexity index is 946. The van der Waals surface area contributed by atoms with Gasteiger partial charge in [-0.3, -0.25) is 4.79 Å². The third-order valence-electron chi connectivity index (χ3n) is 3.61. The molecule has 126 valence electrons. The second kappa shape index (κ2) is 7.64. The summed E-state index contributed by atoms with van der Waals surface area (Å²) < 4.78 is 0. The number of hydrogen-bond acceptors (Lipinski definition) is 4. The number of ketones is 1. The molecule has 2 aromatic carbocycles. The molecule has 25 heavy (non-hydrogen) atoms. The Morgan fingerprint density at radius 3 is 2.72 bits per heavy atom. The van der Waals surface area contributed by atoms with Gasteiger partial charge in [0.1, 0.15) is 0 Å². The van der Waals surface area contributed by atoms with Crippen molar-refractivity contribution in [2.45, 2.75) is 13.8 Å². The van der Waals surface area contributed by atoms with Gasteiger partial charge in [-0.05, 0) is 55.3 Å². The molecular formula is C20H17ClN2OS. The van der Waals surface area contributed by atoms with Crippen molar-refractivity contribution in [2.24, 2.45) is 0 Å². The van der Waals surface area contributed by atoms with Gasteiger partial charge < -0.3 is 5.32 Å². The molecule has 0 amide bonds. The first kappa shape index (κ1) is 17.4. The molecule has 1 N–H and O–H groups in total. The standard InChI is InChI=1S/C20H17ClN2OS/c1-13-6-5-8-16(12-13)23-20-22-14(2)19(25-20)18(24)11-10-15-7-3-4-9-17(15)21/h3-12H,1-2H3,(H,22,23)/b11-10+. The van der Waals surface area contributed by atoms with E-state index in [0.717, 1.165) is 16.8 Å². The highest BCUT2D eigenvalue weighted by Gasteiger charge is 2.13. The molecule has 3 aromatic rings. The van der Waals surface area contributed by atoms with Crippen molar-refractivity contribution in [3.63, 3.8) is 0 Å². The van der Waals surface area contributed by atoms with Crippen LogP contribution in [0, 0.1) is 13.8 Å². The maximum atomic E-state index is 12.5. The van der Waals surface area contributed by atoms with Crippen molar-refractivity contribution in [2.75, 3.05) is 5.32 Å². The molecule has 0 spiro atoms.